The van der Waals surface area contributed by atoms with E-state index in [1.807, 2.05) is 0 Å². The summed E-state index contributed by atoms with van der Waals surface area (Å²) in [5.41, 5.74) is 0. The lowest BCUT2D eigenvalue weighted by atomic mass is 9.73. The minimum absolute atomic E-state index is 0.564. The molecule has 2 saturated carbocycles. The first-order valence-corrected chi connectivity index (χ1v) is 9.33. The Balaban J connectivity index is 1.42. The third-order valence-corrected chi connectivity index (χ3v) is 5.97. The molecule has 1 N–H and O–H groups in total. The van der Waals surface area contributed by atoms with Crippen molar-refractivity contribution in [3.8, 4) is 0 Å². The number of ether oxygens (including phenoxy) is 1. The van der Waals surface area contributed by atoms with Gasteiger partial charge in [0.2, 0.25) is 0 Å². The third kappa shape index (κ3) is 4.00. The molecule has 0 aromatic carbocycles. The Labute approximate surface area is 130 Å². The molecule has 1 aliphatic heterocycles. The van der Waals surface area contributed by atoms with Gasteiger partial charge >= 0.3 is 0 Å². The Hall–Kier alpha value is -0.120. The van der Waals surface area contributed by atoms with E-state index in [1.54, 1.807) is 0 Å². The molecular weight excluding hydrogens is 260 g/mol. The van der Waals surface area contributed by atoms with Crippen molar-refractivity contribution >= 4 is 0 Å². The second kappa shape index (κ2) is 7.43. The predicted octanol–water partition coefficient (Wildman–Crippen LogP) is 3.04. The zero-order valence-corrected chi connectivity index (χ0v) is 14.0. The van der Waals surface area contributed by atoms with Crippen molar-refractivity contribution in [3.63, 3.8) is 0 Å². The van der Waals surface area contributed by atoms with Crippen molar-refractivity contribution in [2.45, 2.75) is 77.0 Å². The summed E-state index contributed by atoms with van der Waals surface area (Å²) in [5.74, 6) is 1.73. The van der Waals surface area contributed by atoms with Crippen LogP contribution in [0.3, 0.4) is 0 Å². The van der Waals surface area contributed by atoms with Gasteiger partial charge in [-0.25, -0.2) is 0 Å². The number of rotatable bonds is 6. The van der Waals surface area contributed by atoms with Gasteiger partial charge in [0.1, 0.15) is 0 Å². The highest BCUT2D eigenvalue weighted by Gasteiger charge is 2.39. The van der Waals surface area contributed by atoms with Gasteiger partial charge in [-0.1, -0.05) is 19.3 Å². The molecule has 0 radical (unpaired) electrons. The van der Waals surface area contributed by atoms with Crippen molar-refractivity contribution in [2.75, 3.05) is 26.2 Å². The molecule has 21 heavy (non-hydrogen) atoms. The summed E-state index contributed by atoms with van der Waals surface area (Å²) in [4.78, 5) is 2.70. The van der Waals surface area contributed by atoms with E-state index < -0.39 is 0 Å². The molecule has 3 rings (SSSR count). The first-order valence-electron chi connectivity index (χ1n) is 9.33. The number of hydrogen-bond acceptors (Lipinski definition) is 3. The van der Waals surface area contributed by atoms with E-state index in [2.05, 4.69) is 24.1 Å². The Kier molecular flexibility index (Phi) is 5.58. The fourth-order valence-electron chi connectivity index (χ4n) is 4.73. The molecule has 1 saturated heterocycles. The normalized spacial score (nSPS) is 34.7. The summed E-state index contributed by atoms with van der Waals surface area (Å²) in [6.07, 6.45) is 10.2. The standard InChI is InChI=1S/C18H34N2O/c1-14(2)20-12-15-6-5-7-16(13-20)18(15)19-10-11-21-17-8-3-4-9-17/h14-19H,3-13H2,1-2H3. The van der Waals surface area contributed by atoms with E-state index in [4.69, 9.17) is 4.74 Å². The van der Waals surface area contributed by atoms with Gasteiger partial charge in [0.05, 0.1) is 12.7 Å². The van der Waals surface area contributed by atoms with Gasteiger partial charge < -0.3 is 15.0 Å². The molecule has 2 bridgehead atoms. The van der Waals surface area contributed by atoms with E-state index in [0.29, 0.717) is 12.1 Å². The summed E-state index contributed by atoms with van der Waals surface area (Å²) in [6.45, 7) is 9.26. The third-order valence-electron chi connectivity index (χ3n) is 5.97. The summed E-state index contributed by atoms with van der Waals surface area (Å²) < 4.78 is 6.00. The lowest BCUT2D eigenvalue weighted by Crippen LogP contribution is -2.58. The predicted molar refractivity (Wildman–Crippen MR) is 87.5 cm³/mol. The summed E-state index contributed by atoms with van der Waals surface area (Å²) in [7, 11) is 0. The Morgan fingerprint density at radius 2 is 1.67 bits per heavy atom. The summed E-state index contributed by atoms with van der Waals surface area (Å²) in [5, 5.41) is 3.86. The molecule has 3 heteroatoms. The lowest BCUT2D eigenvalue weighted by Gasteiger charge is -2.49. The highest BCUT2D eigenvalue weighted by Crippen LogP contribution is 2.35. The number of fused-ring (bicyclic) bond motifs is 2. The SMILES string of the molecule is CC(C)N1CC2CCCC(C1)C2NCCOC1CCCC1. The topological polar surface area (TPSA) is 24.5 Å². The first kappa shape index (κ1) is 15.8. The molecule has 3 aliphatic rings. The first-order chi connectivity index (χ1) is 10.2. The number of nitrogens with zero attached hydrogens (tertiary/aromatic N) is 1. The lowest BCUT2D eigenvalue weighted by molar-refractivity contribution is 0.0188. The van der Waals surface area contributed by atoms with Crippen LogP contribution in [-0.2, 0) is 4.74 Å². The maximum Gasteiger partial charge on any atom is 0.0594 e. The quantitative estimate of drug-likeness (QED) is 0.762. The van der Waals surface area contributed by atoms with Crippen LogP contribution < -0.4 is 5.32 Å². The van der Waals surface area contributed by atoms with Gasteiger partial charge in [-0.2, -0.15) is 0 Å². The zero-order chi connectivity index (χ0) is 14.7. The van der Waals surface area contributed by atoms with Crippen LogP contribution in [0.4, 0.5) is 0 Å². The molecule has 2 aliphatic carbocycles. The second-order valence-corrected chi connectivity index (χ2v) is 7.76. The van der Waals surface area contributed by atoms with Gasteiger partial charge in [-0.05, 0) is 51.4 Å². The van der Waals surface area contributed by atoms with E-state index in [0.717, 1.165) is 31.0 Å². The highest BCUT2D eigenvalue weighted by molar-refractivity contribution is 4.95. The molecule has 2 unspecified atom stereocenters. The molecule has 3 nitrogen and oxygen atoms in total. The van der Waals surface area contributed by atoms with Gasteiger partial charge in [0.15, 0.2) is 0 Å². The van der Waals surface area contributed by atoms with Gasteiger partial charge in [0, 0.05) is 31.7 Å². The van der Waals surface area contributed by atoms with Crippen molar-refractivity contribution in [2.24, 2.45) is 11.8 Å². The number of nitrogens with one attached hydrogen (secondary N) is 1. The van der Waals surface area contributed by atoms with Crippen molar-refractivity contribution in [1.82, 2.24) is 10.2 Å². The Morgan fingerprint density at radius 3 is 2.29 bits per heavy atom. The molecule has 0 spiro atoms. The van der Waals surface area contributed by atoms with Crippen LogP contribution in [0.2, 0.25) is 0 Å². The second-order valence-electron chi connectivity index (χ2n) is 7.76. The molecule has 0 aromatic rings. The van der Waals surface area contributed by atoms with Crippen LogP contribution in [0.1, 0.15) is 58.8 Å². The van der Waals surface area contributed by atoms with Crippen LogP contribution in [-0.4, -0.2) is 49.3 Å². The van der Waals surface area contributed by atoms with Crippen molar-refractivity contribution < 1.29 is 4.74 Å². The monoisotopic (exact) mass is 294 g/mol. The molecule has 0 aromatic heterocycles. The molecular formula is C18H34N2O. The minimum Gasteiger partial charge on any atom is -0.377 e. The molecule has 1 heterocycles. The smallest absolute Gasteiger partial charge is 0.0594 e. The molecule has 122 valence electrons. The highest BCUT2D eigenvalue weighted by atomic mass is 16.5. The van der Waals surface area contributed by atoms with Gasteiger partial charge in [-0.3, -0.25) is 0 Å². The number of likely N-dealkylation sites (tertiary alicyclic amines) is 1. The van der Waals surface area contributed by atoms with E-state index in [-0.39, 0.29) is 0 Å². The number of piperidine rings is 1. The maximum absolute atomic E-state index is 6.00. The van der Waals surface area contributed by atoms with Gasteiger partial charge in [0.25, 0.3) is 0 Å². The fourth-order valence-corrected chi connectivity index (χ4v) is 4.73. The van der Waals surface area contributed by atoms with E-state index in [9.17, 15) is 0 Å². The van der Waals surface area contributed by atoms with Crippen LogP contribution in [0.5, 0.6) is 0 Å². The van der Waals surface area contributed by atoms with Crippen LogP contribution >= 0.6 is 0 Å². The molecule has 3 fully saturated rings. The van der Waals surface area contributed by atoms with Crippen molar-refractivity contribution in [3.05, 3.63) is 0 Å². The average molecular weight is 294 g/mol. The van der Waals surface area contributed by atoms with Crippen LogP contribution in [0.15, 0.2) is 0 Å². The zero-order valence-electron chi connectivity index (χ0n) is 14.0. The Bertz CT molecular complexity index is 300. The van der Waals surface area contributed by atoms with Crippen molar-refractivity contribution in [1.29, 1.82) is 0 Å². The largest absolute Gasteiger partial charge is 0.377 e. The maximum atomic E-state index is 6.00. The fraction of sp³-hybridized carbons (Fsp3) is 1.00. The molecule has 0 amide bonds. The van der Waals surface area contributed by atoms with E-state index >= 15 is 0 Å². The van der Waals surface area contributed by atoms with Gasteiger partial charge in [-0.15, -0.1) is 0 Å². The summed E-state index contributed by atoms with van der Waals surface area (Å²) >= 11 is 0. The van der Waals surface area contributed by atoms with Crippen LogP contribution in [0, 0.1) is 11.8 Å². The summed E-state index contributed by atoms with van der Waals surface area (Å²) in [6, 6.07) is 1.46. The van der Waals surface area contributed by atoms with Crippen LogP contribution in [0.25, 0.3) is 0 Å². The average Bonchev–Trinajstić information content (AvgIpc) is 2.95. The number of hydrogen-bond donors (Lipinski definition) is 1. The van der Waals surface area contributed by atoms with E-state index in [1.165, 1.54) is 58.0 Å². The Morgan fingerprint density at radius 1 is 1.00 bits per heavy atom. The molecule has 2 atom stereocenters. The minimum atomic E-state index is 0.564.